The average molecular weight is 140 g/mol. The number of halogens is 3. The van der Waals surface area contributed by atoms with Crippen LogP contribution in [-0.4, -0.2) is 19.2 Å². The monoisotopic (exact) mass is 140 g/mol. The van der Waals surface area contributed by atoms with Crippen LogP contribution in [0.4, 0.5) is 13.2 Å². The Balaban J connectivity index is 3.38. The highest BCUT2D eigenvalue weighted by molar-refractivity contribution is 5.54. The summed E-state index contributed by atoms with van der Waals surface area (Å²) in [7, 11) is 0. The van der Waals surface area contributed by atoms with E-state index in [9.17, 15) is 13.2 Å². The van der Waals surface area contributed by atoms with Crippen LogP contribution in [0.25, 0.3) is 0 Å². The number of nitrogens with one attached hydrogen (secondary N) is 1. The zero-order valence-corrected chi connectivity index (χ0v) is 4.87. The van der Waals surface area contributed by atoms with Crippen LogP contribution in [0.15, 0.2) is 4.99 Å². The number of hydrogen-bond donors (Lipinski definition) is 1. The summed E-state index contributed by atoms with van der Waals surface area (Å²) in [5.74, 6) is 0. The Bertz CT molecular complexity index is 96.5. The van der Waals surface area contributed by atoms with Crippen molar-refractivity contribution < 1.29 is 13.2 Å². The summed E-state index contributed by atoms with van der Waals surface area (Å²) in [6.45, 7) is 2.00. The number of nitrogens with zero attached hydrogens (tertiary/aromatic N) is 1. The molecule has 0 aromatic carbocycles. The van der Waals surface area contributed by atoms with Gasteiger partial charge in [-0.3, -0.25) is 10.3 Å². The smallest absolute Gasteiger partial charge is 0.288 e. The lowest BCUT2D eigenvalue weighted by atomic mass is 10.8. The Morgan fingerprint density at radius 2 is 2.11 bits per heavy atom. The van der Waals surface area contributed by atoms with E-state index in [-0.39, 0.29) is 0 Å². The van der Waals surface area contributed by atoms with Gasteiger partial charge in [0.25, 0.3) is 0 Å². The maximum Gasteiger partial charge on any atom is 0.483 e. The maximum absolute atomic E-state index is 11.2. The summed E-state index contributed by atoms with van der Waals surface area (Å²) < 4.78 is 33.5. The zero-order chi connectivity index (χ0) is 7.33. The molecule has 0 atom stereocenters. The lowest BCUT2D eigenvalue weighted by Gasteiger charge is -2.01. The average Bonchev–Trinajstić information content (AvgIpc) is 1.63. The molecule has 54 valence electrons. The molecule has 0 radical (unpaired) electrons. The van der Waals surface area contributed by atoms with Crippen LogP contribution in [0.3, 0.4) is 0 Å². The van der Waals surface area contributed by atoms with E-state index in [0.717, 1.165) is 5.32 Å². The van der Waals surface area contributed by atoms with E-state index >= 15 is 0 Å². The predicted octanol–water partition coefficient (Wildman–Crippen LogP) is 1.14. The van der Waals surface area contributed by atoms with Gasteiger partial charge in [0.2, 0.25) is 0 Å². The summed E-state index contributed by atoms with van der Waals surface area (Å²) >= 11 is 0. The molecule has 0 amide bonds. The standard InChI is InChI=1S/C4H7F3N2/c1-2-8-3-9-4(5,6)7/h3H,2H2,1H3,(H,8,9). The fourth-order valence-electron chi connectivity index (χ4n) is 0.210. The van der Waals surface area contributed by atoms with Crippen LogP contribution in [0.2, 0.25) is 0 Å². The summed E-state index contributed by atoms with van der Waals surface area (Å²) in [6.07, 6.45) is -3.71. The van der Waals surface area contributed by atoms with Gasteiger partial charge in [-0.05, 0) is 6.92 Å². The molecule has 0 heterocycles. The normalized spacial score (nSPS) is 12.4. The molecule has 0 unspecified atom stereocenters. The number of hydrogen-bond acceptors (Lipinski definition) is 1. The third-order valence-corrected chi connectivity index (χ3v) is 0.502. The highest BCUT2D eigenvalue weighted by Gasteiger charge is 2.24. The molecule has 0 saturated heterocycles. The number of alkyl halides is 3. The fourth-order valence-corrected chi connectivity index (χ4v) is 0.210. The van der Waals surface area contributed by atoms with Crippen molar-refractivity contribution in [2.75, 3.05) is 6.54 Å². The van der Waals surface area contributed by atoms with Gasteiger partial charge in [-0.2, -0.15) is 13.2 Å². The minimum absolute atomic E-state index is 0.350. The lowest BCUT2D eigenvalue weighted by Crippen LogP contribution is -2.29. The van der Waals surface area contributed by atoms with Crippen LogP contribution in [-0.2, 0) is 0 Å². The minimum atomic E-state index is -4.35. The van der Waals surface area contributed by atoms with Crippen LogP contribution in [0, 0.1) is 0 Å². The second kappa shape index (κ2) is 3.32. The molecule has 2 nitrogen and oxygen atoms in total. The SMILES string of the molecule is CCN=CNC(F)(F)F. The molecule has 0 aromatic rings. The molecule has 5 heteroatoms. The Kier molecular flexibility index (Phi) is 3.05. The van der Waals surface area contributed by atoms with Crippen LogP contribution >= 0.6 is 0 Å². The molecular formula is C4H7F3N2. The van der Waals surface area contributed by atoms with Crippen molar-refractivity contribution in [1.29, 1.82) is 0 Å². The highest BCUT2D eigenvalue weighted by Crippen LogP contribution is 2.07. The molecule has 0 aliphatic carbocycles. The van der Waals surface area contributed by atoms with Crippen LogP contribution in [0.1, 0.15) is 6.92 Å². The Hall–Kier alpha value is -0.740. The maximum atomic E-state index is 11.2. The summed E-state index contributed by atoms with van der Waals surface area (Å²) in [6, 6.07) is 0. The lowest BCUT2D eigenvalue weighted by molar-refractivity contribution is -0.140. The molecule has 0 rings (SSSR count). The van der Waals surface area contributed by atoms with Gasteiger partial charge in [-0.15, -0.1) is 0 Å². The van der Waals surface area contributed by atoms with E-state index in [1.54, 1.807) is 6.92 Å². The Morgan fingerprint density at radius 3 is 2.44 bits per heavy atom. The summed E-state index contributed by atoms with van der Waals surface area (Å²) in [5, 5.41) is 1.13. The van der Waals surface area contributed by atoms with Gasteiger partial charge in [0.05, 0.1) is 6.34 Å². The Labute approximate surface area is 50.8 Å². The van der Waals surface area contributed by atoms with Gasteiger partial charge in [0.15, 0.2) is 0 Å². The molecule has 0 aliphatic rings. The quantitative estimate of drug-likeness (QED) is 0.347. The molecule has 0 aromatic heterocycles. The topological polar surface area (TPSA) is 24.4 Å². The third kappa shape index (κ3) is 7.26. The molecule has 0 saturated carbocycles. The van der Waals surface area contributed by atoms with E-state index in [2.05, 4.69) is 4.99 Å². The van der Waals surface area contributed by atoms with Crippen molar-refractivity contribution in [1.82, 2.24) is 5.32 Å². The van der Waals surface area contributed by atoms with Crippen molar-refractivity contribution in [3.8, 4) is 0 Å². The van der Waals surface area contributed by atoms with E-state index < -0.39 is 6.30 Å². The van der Waals surface area contributed by atoms with Crippen molar-refractivity contribution in [3.05, 3.63) is 0 Å². The predicted molar refractivity (Wildman–Crippen MR) is 28.2 cm³/mol. The van der Waals surface area contributed by atoms with Gasteiger partial charge in [0.1, 0.15) is 0 Å². The van der Waals surface area contributed by atoms with Gasteiger partial charge in [-0.25, -0.2) is 0 Å². The molecule has 0 fully saturated rings. The summed E-state index contributed by atoms with van der Waals surface area (Å²) in [4.78, 5) is 3.30. The van der Waals surface area contributed by atoms with Crippen molar-refractivity contribution in [2.45, 2.75) is 13.2 Å². The molecule has 9 heavy (non-hydrogen) atoms. The summed E-state index contributed by atoms with van der Waals surface area (Å²) in [5.41, 5.74) is 0. The van der Waals surface area contributed by atoms with Crippen LogP contribution in [0.5, 0.6) is 0 Å². The minimum Gasteiger partial charge on any atom is -0.288 e. The van der Waals surface area contributed by atoms with Crippen molar-refractivity contribution in [2.24, 2.45) is 4.99 Å². The first-order valence-corrected chi connectivity index (χ1v) is 2.39. The second-order valence-corrected chi connectivity index (χ2v) is 1.27. The first kappa shape index (κ1) is 8.26. The fraction of sp³-hybridized carbons (Fsp3) is 0.750. The van der Waals surface area contributed by atoms with E-state index in [1.165, 1.54) is 0 Å². The van der Waals surface area contributed by atoms with Crippen molar-refractivity contribution in [3.63, 3.8) is 0 Å². The van der Waals surface area contributed by atoms with E-state index in [4.69, 9.17) is 0 Å². The molecule has 0 bridgehead atoms. The first-order chi connectivity index (χ1) is 4.06. The molecule has 0 spiro atoms. The largest absolute Gasteiger partial charge is 0.483 e. The van der Waals surface area contributed by atoms with Crippen LogP contribution < -0.4 is 5.32 Å². The first-order valence-electron chi connectivity index (χ1n) is 2.39. The van der Waals surface area contributed by atoms with Gasteiger partial charge >= 0.3 is 6.30 Å². The number of aliphatic imine (C=N–C) groups is 1. The third-order valence-electron chi connectivity index (χ3n) is 0.502. The van der Waals surface area contributed by atoms with E-state index in [1.807, 2.05) is 0 Å². The highest BCUT2D eigenvalue weighted by atomic mass is 19.4. The van der Waals surface area contributed by atoms with E-state index in [0.29, 0.717) is 12.9 Å². The number of rotatable bonds is 2. The molecule has 0 aliphatic heterocycles. The second-order valence-electron chi connectivity index (χ2n) is 1.27. The van der Waals surface area contributed by atoms with Gasteiger partial charge in [-0.1, -0.05) is 0 Å². The molecule has 1 N–H and O–H groups in total. The van der Waals surface area contributed by atoms with Crippen molar-refractivity contribution >= 4 is 6.34 Å². The Morgan fingerprint density at radius 1 is 1.56 bits per heavy atom. The van der Waals surface area contributed by atoms with Gasteiger partial charge < -0.3 is 0 Å². The van der Waals surface area contributed by atoms with Gasteiger partial charge in [0, 0.05) is 6.54 Å². The molecular weight excluding hydrogens is 133 g/mol. The zero-order valence-electron chi connectivity index (χ0n) is 4.87.